The molecular formula is C16H27NO2. The normalized spacial score (nSPS) is 12.7. The van der Waals surface area contributed by atoms with Gasteiger partial charge in [0.25, 0.3) is 0 Å². The zero-order valence-corrected chi connectivity index (χ0v) is 12.4. The fourth-order valence-electron chi connectivity index (χ4n) is 2.27. The van der Waals surface area contributed by atoms with Gasteiger partial charge in [-0.15, -0.1) is 0 Å². The Hall–Kier alpha value is -1.06. The van der Waals surface area contributed by atoms with Gasteiger partial charge in [-0.2, -0.15) is 0 Å². The molecule has 1 atom stereocenters. The third-order valence-electron chi connectivity index (χ3n) is 3.70. The van der Waals surface area contributed by atoms with Gasteiger partial charge < -0.3 is 15.2 Å². The molecule has 0 saturated carbocycles. The molecule has 0 amide bonds. The molecule has 3 nitrogen and oxygen atoms in total. The molecule has 1 aromatic rings. The molecule has 0 aliphatic heterocycles. The first kappa shape index (κ1) is 16.0. The van der Waals surface area contributed by atoms with Crippen molar-refractivity contribution in [1.29, 1.82) is 0 Å². The first-order chi connectivity index (χ1) is 9.21. The van der Waals surface area contributed by atoms with Gasteiger partial charge in [0.15, 0.2) is 0 Å². The average Bonchev–Trinajstić information content (AvgIpc) is 2.45. The molecule has 1 unspecified atom stereocenters. The maximum atomic E-state index is 10.00. The molecule has 3 heteroatoms. The number of hydrogen-bond donors (Lipinski definition) is 2. The van der Waals surface area contributed by atoms with Crippen LogP contribution in [0.5, 0.6) is 5.75 Å². The second-order valence-electron chi connectivity index (χ2n) is 4.95. The van der Waals surface area contributed by atoms with E-state index in [1.165, 1.54) is 5.56 Å². The summed E-state index contributed by atoms with van der Waals surface area (Å²) in [6.45, 7) is 5.84. The van der Waals surface area contributed by atoms with Crippen molar-refractivity contribution in [3.8, 4) is 5.75 Å². The SMILES string of the molecule is CCC(CC)C(O)CNCCc1ccc(OC)cc1. The van der Waals surface area contributed by atoms with E-state index in [9.17, 15) is 5.11 Å². The van der Waals surface area contributed by atoms with E-state index >= 15 is 0 Å². The van der Waals surface area contributed by atoms with Gasteiger partial charge in [0.2, 0.25) is 0 Å². The summed E-state index contributed by atoms with van der Waals surface area (Å²) in [6, 6.07) is 8.12. The fraction of sp³-hybridized carbons (Fsp3) is 0.625. The summed E-state index contributed by atoms with van der Waals surface area (Å²) in [5, 5.41) is 13.3. The topological polar surface area (TPSA) is 41.5 Å². The van der Waals surface area contributed by atoms with E-state index < -0.39 is 0 Å². The van der Waals surface area contributed by atoms with E-state index in [1.54, 1.807) is 7.11 Å². The van der Waals surface area contributed by atoms with Gasteiger partial charge in [0, 0.05) is 6.54 Å². The van der Waals surface area contributed by atoms with Crippen LogP contribution in [0, 0.1) is 5.92 Å². The lowest BCUT2D eigenvalue weighted by atomic mass is 9.96. The summed E-state index contributed by atoms with van der Waals surface area (Å²) < 4.78 is 5.13. The smallest absolute Gasteiger partial charge is 0.118 e. The summed E-state index contributed by atoms with van der Waals surface area (Å²) in [6.07, 6.45) is 2.82. The van der Waals surface area contributed by atoms with Crippen LogP contribution in [0.4, 0.5) is 0 Å². The highest BCUT2D eigenvalue weighted by molar-refractivity contribution is 5.27. The molecule has 108 valence electrons. The van der Waals surface area contributed by atoms with E-state index in [1.807, 2.05) is 12.1 Å². The Morgan fingerprint density at radius 2 is 1.79 bits per heavy atom. The van der Waals surface area contributed by atoms with Crippen molar-refractivity contribution in [2.24, 2.45) is 5.92 Å². The van der Waals surface area contributed by atoms with Crippen molar-refractivity contribution in [1.82, 2.24) is 5.32 Å². The van der Waals surface area contributed by atoms with Gasteiger partial charge in [-0.05, 0) is 36.6 Å². The number of aliphatic hydroxyl groups excluding tert-OH is 1. The summed E-state index contributed by atoms with van der Waals surface area (Å²) >= 11 is 0. The zero-order valence-electron chi connectivity index (χ0n) is 12.4. The maximum Gasteiger partial charge on any atom is 0.118 e. The Balaban J connectivity index is 2.22. The largest absolute Gasteiger partial charge is 0.497 e. The van der Waals surface area contributed by atoms with E-state index in [4.69, 9.17) is 4.74 Å². The van der Waals surface area contributed by atoms with Crippen LogP contribution in [0.2, 0.25) is 0 Å². The quantitative estimate of drug-likeness (QED) is 0.674. The first-order valence-electron chi connectivity index (χ1n) is 7.22. The van der Waals surface area contributed by atoms with Gasteiger partial charge in [-0.25, -0.2) is 0 Å². The van der Waals surface area contributed by atoms with Gasteiger partial charge in [0.05, 0.1) is 13.2 Å². The van der Waals surface area contributed by atoms with E-state index in [0.29, 0.717) is 12.5 Å². The van der Waals surface area contributed by atoms with Crippen molar-refractivity contribution in [3.05, 3.63) is 29.8 Å². The van der Waals surface area contributed by atoms with Crippen LogP contribution in [-0.4, -0.2) is 31.4 Å². The zero-order chi connectivity index (χ0) is 14.1. The molecule has 2 N–H and O–H groups in total. The lowest BCUT2D eigenvalue weighted by Crippen LogP contribution is -2.33. The monoisotopic (exact) mass is 265 g/mol. The Kier molecular flexibility index (Phi) is 7.53. The van der Waals surface area contributed by atoms with Crippen molar-refractivity contribution >= 4 is 0 Å². The number of rotatable bonds is 9. The molecular weight excluding hydrogens is 238 g/mol. The van der Waals surface area contributed by atoms with Crippen LogP contribution in [-0.2, 0) is 6.42 Å². The van der Waals surface area contributed by atoms with Gasteiger partial charge >= 0.3 is 0 Å². The fourth-order valence-corrected chi connectivity index (χ4v) is 2.27. The molecule has 0 aliphatic carbocycles. The predicted octanol–water partition coefficient (Wildman–Crippen LogP) is 2.62. The predicted molar refractivity (Wildman–Crippen MR) is 79.6 cm³/mol. The third-order valence-corrected chi connectivity index (χ3v) is 3.70. The van der Waals surface area contributed by atoms with E-state index in [-0.39, 0.29) is 6.10 Å². The molecule has 1 aromatic carbocycles. The summed E-state index contributed by atoms with van der Waals surface area (Å²) in [4.78, 5) is 0. The van der Waals surface area contributed by atoms with Crippen LogP contribution in [0.15, 0.2) is 24.3 Å². The highest BCUT2D eigenvalue weighted by atomic mass is 16.5. The molecule has 0 aliphatic rings. The van der Waals surface area contributed by atoms with Gasteiger partial charge in [0.1, 0.15) is 5.75 Å². The lowest BCUT2D eigenvalue weighted by Gasteiger charge is -2.20. The van der Waals surface area contributed by atoms with Crippen LogP contribution < -0.4 is 10.1 Å². The minimum atomic E-state index is -0.231. The lowest BCUT2D eigenvalue weighted by molar-refractivity contribution is 0.102. The standard InChI is InChI=1S/C16H27NO2/c1-4-14(5-2)16(18)12-17-11-10-13-6-8-15(19-3)9-7-13/h6-9,14,16-18H,4-5,10-12H2,1-3H3. The number of aliphatic hydroxyl groups is 1. The Bertz CT molecular complexity index is 333. The number of hydrogen-bond acceptors (Lipinski definition) is 3. The van der Waals surface area contributed by atoms with Crippen LogP contribution >= 0.6 is 0 Å². The highest BCUT2D eigenvalue weighted by Gasteiger charge is 2.14. The maximum absolute atomic E-state index is 10.00. The molecule has 0 spiro atoms. The van der Waals surface area contributed by atoms with E-state index in [2.05, 4.69) is 31.3 Å². The van der Waals surface area contributed by atoms with Crippen LogP contribution in [0.25, 0.3) is 0 Å². The van der Waals surface area contributed by atoms with Crippen molar-refractivity contribution < 1.29 is 9.84 Å². The summed E-state index contributed by atoms with van der Waals surface area (Å²) in [7, 11) is 1.68. The molecule has 0 aromatic heterocycles. The van der Waals surface area contributed by atoms with Crippen LogP contribution in [0.1, 0.15) is 32.3 Å². The van der Waals surface area contributed by atoms with Crippen molar-refractivity contribution in [2.75, 3.05) is 20.2 Å². The second-order valence-corrected chi connectivity index (χ2v) is 4.95. The highest BCUT2D eigenvalue weighted by Crippen LogP contribution is 2.13. The molecule has 0 saturated heterocycles. The average molecular weight is 265 g/mol. The molecule has 0 bridgehead atoms. The van der Waals surface area contributed by atoms with Gasteiger partial charge in [-0.1, -0.05) is 38.8 Å². The second kappa shape index (κ2) is 8.94. The minimum absolute atomic E-state index is 0.231. The number of ether oxygens (including phenoxy) is 1. The Morgan fingerprint density at radius 3 is 2.32 bits per heavy atom. The van der Waals surface area contributed by atoms with Crippen molar-refractivity contribution in [3.63, 3.8) is 0 Å². The first-order valence-corrected chi connectivity index (χ1v) is 7.22. The summed E-state index contributed by atoms with van der Waals surface area (Å²) in [5.41, 5.74) is 1.28. The summed E-state index contributed by atoms with van der Waals surface area (Å²) in [5.74, 6) is 1.30. The Labute approximate surface area is 117 Å². The molecule has 1 rings (SSSR count). The van der Waals surface area contributed by atoms with E-state index in [0.717, 1.165) is 31.6 Å². The molecule has 0 radical (unpaired) electrons. The third kappa shape index (κ3) is 5.62. The minimum Gasteiger partial charge on any atom is -0.497 e. The molecule has 0 fully saturated rings. The molecule has 19 heavy (non-hydrogen) atoms. The number of benzene rings is 1. The molecule has 0 heterocycles. The number of methoxy groups -OCH3 is 1. The van der Waals surface area contributed by atoms with Crippen molar-refractivity contribution in [2.45, 2.75) is 39.2 Å². The van der Waals surface area contributed by atoms with Crippen LogP contribution in [0.3, 0.4) is 0 Å². The Morgan fingerprint density at radius 1 is 1.16 bits per heavy atom. The van der Waals surface area contributed by atoms with Gasteiger partial charge in [-0.3, -0.25) is 0 Å². The number of nitrogens with one attached hydrogen (secondary N) is 1.